The summed E-state index contributed by atoms with van der Waals surface area (Å²) in [5, 5.41) is 12.2. The minimum atomic E-state index is 0.472. The second kappa shape index (κ2) is 3.56. The average Bonchev–Trinajstić information content (AvgIpc) is 2.83. The van der Waals surface area contributed by atoms with Gasteiger partial charge in [0.25, 0.3) is 0 Å². The van der Waals surface area contributed by atoms with Crippen molar-refractivity contribution in [3.8, 4) is 5.69 Å². The topological polar surface area (TPSA) is 74.5 Å². The summed E-state index contributed by atoms with van der Waals surface area (Å²) in [6.07, 6.45) is 0. The lowest BCUT2D eigenvalue weighted by Crippen LogP contribution is -1.98. The third kappa shape index (κ3) is 1.59. The molecule has 0 spiro atoms. The van der Waals surface area contributed by atoms with Crippen LogP contribution < -0.4 is 5.73 Å². The molecule has 0 amide bonds. The van der Waals surface area contributed by atoms with Crippen LogP contribution in [0.15, 0.2) is 28.9 Å². The van der Waals surface area contributed by atoms with E-state index in [1.165, 1.54) is 0 Å². The monoisotopic (exact) mass is 292 g/mol. The third-order valence-electron chi connectivity index (χ3n) is 2.52. The molecular weight excluding hydrogens is 284 g/mol. The largest absolute Gasteiger partial charge is 0.382 e. The molecule has 0 atom stereocenters. The van der Waals surface area contributed by atoms with Gasteiger partial charge in [0.05, 0.1) is 11.2 Å². The summed E-state index contributed by atoms with van der Waals surface area (Å²) in [5.74, 6) is 0.472. The van der Waals surface area contributed by atoms with Gasteiger partial charge in [0.15, 0.2) is 0 Å². The number of benzene rings is 1. The molecule has 0 aliphatic carbocycles. The maximum absolute atomic E-state index is 5.65. The van der Waals surface area contributed by atoms with Crippen molar-refractivity contribution in [1.82, 2.24) is 24.8 Å². The van der Waals surface area contributed by atoms with Crippen molar-refractivity contribution in [2.24, 2.45) is 7.05 Å². The van der Waals surface area contributed by atoms with Gasteiger partial charge in [-0.3, -0.25) is 0 Å². The van der Waals surface area contributed by atoms with E-state index < -0.39 is 0 Å². The number of aryl methyl sites for hydroxylation is 1. The molecule has 0 unspecified atom stereocenters. The number of hydrogen-bond donors (Lipinski definition) is 1. The standard InChI is InChI=1S/C10H9BrN6/c1-16-8-4-6(2-3-7(8)13-15-16)17-9(11)5-10(12)14-17/h2-5H,1H3,(H2,12,14). The van der Waals surface area contributed by atoms with Crippen LogP contribution in [-0.4, -0.2) is 24.8 Å². The fraction of sp³-hybridized carbons (Fsp3) is 0.100. The molecule has 0 saturated carbocycles. The molecule has 0 aliphatic rings. The molecule has 0 aliphatic heterocycles. The van der Waals surface area contributed by atoms with Gasteiger partial charge in [-0.05, 0) is 34.1 Å². The Morgan fingerprint density at radius 1 is 1.29 bits per heavy atom. The van der Waals surface area contributed by atoms with Crippen molar-refractivity contribution in [2.45, 2.75) is 0 Å². The third-order valence-corrected chi connectivity index (χ3v) is 3.09. The van der Waals surface area contributed by atoms with E-state index in [0.29, 0.717) is 5.82 Å². The van der Waals surface area contributed by atoms with Crippen LogP contribution in [-0.2, 0) is 7.05 Å². The Balaban J connectivity index is 2.23. The zero-order valence-electron chi connectivity index (χ0n) is 9.00. The first-order valence-electron chi connectivity index (χ1n) is 4.96. The van der Waals surface area contributed by atoms with Crippen molar-refractivity contribution in [3.05, 3.63) is 28.9 Å². The summed E-state index contributed by atoms with van der Waals surface area (Å²) in [6.45, 7) is 0. The number of fused-ring (bicyclic) bond motifs is 1. The smallest absolute Gasteiger partial charge is 0.147 e. The van der Waals surface area contributed by atoms with Crippen molar-refractivity contribution in [3.63, 3.8) is 0 Å². The van der Waals surface area contributed by atoms with Crippen LogP contribution in [0.2, 0.25) is 0 Å². The molecule has 17 heavy (non-hydrogen) atoms. The molecule has 7 heteroatoms. The van der Waals surface area contributed by atoms with Gasteiger partial charge in [-0.1, -0.05) is 5.21 Å². The molecule has 0 fully saturated rings. The number of nitrogens with two attached hydrogens (primary N) is 1. The minimum absolute atomic E-state index is 0.472. The second-order valence-electron chi connectivity index (χ2n) is 3.69. The van der Waals surface area contributed by atoms with Crippen molar-refractivity contribution < 1.29 is 0 Å². The van der Waals surface area contributed by atoms with E-state index in [0.717, 1.165) is 21.3 Å². The summed E-state index contributed by atoms with van der Waals surface area (Å²) in [7, 11) is 1.85. The van der Waals surface area contributed by atoms with Crippen LogP contribution in [0.25, 0.3) is 16.7 Å². The fourth-order valence-electron chi connectivity index (χ4n) is 1.71. The summed E-state index contributed by atoms with van der Waals surface area (Å²) >= 11 is 3.41. The Bertz CT molecular complexity index is 698. The van der Waals surface area contributed by atoms with Gasteiger partial charge in [-0.15, -0.1) is 10.2 Å². The van der Waals surface area contributed by atoms with Gasteiger partial charge in [-0.25, -0.2) is 9.36 Å². The fourth-order valence-corrected chi connectivity index (χ4v) is 2.23. The van der Waals surface area contributed by atoms with E-state index in [1.54, 1.807) is 15.4 Å². The zero-order valence-corrected chi connectivity index (χ0v) is 10.6. The molecule has 6 nitrogen and oxygen atoms in total. The molecule has 3 rings (SSSR count). The Labute approximate surface area is 105 Å². The van der Waals surface area contributed by atoms with Crippen LogP contribution in [0.1, 0.15) is 0 Å². The highest BCUT2D eigenvalue weighted by Gasteiger charge is 2.08. The highest BCUT2D eigenvalue weighted by atomic mass is 79.9. The number of nitrogens with zero attached hydrogens (tertiary/aromatic N) is 5. The van der Waals surface area contributed by atoms with Crippen molar-refractivity contribution in [2.75, 3.05) is 5.73 Å². The first kappa shape index (κ1) is 10.3. The Hall–Kier alpha value is -1.89. The maximum Gasteiger partial charge on any atom is 0.147 e. The van der Waals surface area contributed by atoms with E-state index in [1.807, 2.05) is 25.2 Å². The van der Waals surface area contributed by atoms with Gasteiger partial charge >= 0.3 is 0 Å². The van der Waals surface area contributed by atoms with Gasteiger partial charge in [0.2, 0.25) is 0 Å². The number of hydrogen-bond acceptors (Lipinski definition) is 4. The molecule has 0 radical (unpaired) electrons. The van der Waals surface area contributed by atoms with Gasteiger partial charge in [0, 0.05) is 13.1 Å². The SMILES string of the molecule is Cn1nnc2ccc(-n3nc(N)cc3Br)cc21. The Morgan fingerprint density at radius 3 is 2.82 bits per heavy atom. The zero-order chi connectivity index (χ0) is 12.0. The summed E-state index contributed by atoms with van der Waals surface area (Å²) in [4.78, 5) is 0. The molecular formula is C10H9BrN6. The van der Waals surface area contributed by atoms with E-state index in [9.17, 15) is 0 Å². The highest BCUT2D eigenvalue weighted by molar-refractivity contribution is 9.10. The molecule has 2 heterocycles. The van der Waals surface area contributed by atoms with Crippen LogP contribution >= 0.6 is 15.9 Å². The van der Waals surface area contributed by atoms with Crippen LogP contribution in [0.4, 0.5) is 5.82 Å². The molecule has 0 saturated heterocycles. The van der Waals surface area contributed by atoms with E-state index in [2.05, 4.69) is 31.3 Å². The maximum atomic E-state index is 5.65. The molecule has 2 aromatic heterocycles. The Morgan fingerprint density at radius 2 is 2.12 bits per heavy atom. The van der Waals surface area contributed by atoms with Crippen LogP contribution in [0.3, 0.4) is 0 Å². The quantitative estimate of drug-likeness (QED) is 0.737. The highest BCUT2D eigenvalue weighted by Crippen LogP contribution is 2.21. The van der Waals surface area contributed by atoms with Crippen LogP contribution in [0.5, 0.6) is 0 Å². The molecule has 3 aromatic rings. The molecule has 1 aromatic carbocycles. The lowest BCUT2D eigenvalue weighted by atomic mass is 10.3. The normalized spacial score (nSPS) is 11.2. The number of nitrogen functional groups attached to an aromatic ring is 1. The molecule has 86 valence electrons. The Kier molecular flexibility index (Phi) is 2.15. The van der Waals surface area contributed by atoms with E-state index >= 15 is 0 Å². The lowest BCUT2D eigenvalue weighted by molar-refractivity contribution is 0.736. The first-order valence-corrected chi connectivity index (χ1v) is 5.75. The molecule has 0 bridgehead atoms. The van der Waals surface area contributed by atoms with Crippen molar-refractivity contribution >= 4 is 32.8 Å². The summed E-state index contributed by atoms with van der Waals surface area (Å²) < 4.78 is 4.26. The average molecular weight is 293 g/mol. The number of aromatic nitrogens is 5. The number of rotatable bonds is 1. The van der Waals surface area contributed by atoms with Gasteiger partial charge in [-0.2, -0.15) is 0 Å². The van der Waals surface area contributed by atoms with Crippen molar-refractivity contribution in [1.29, 1.82) is 0 Å². The predicted octanol–water partition coefficient (Wildman–Crippen LogP) is 1.50. The van der Waals surface area contributed by atoms with Gasteiger partial charge < -0.3 is 5.73 Å². The number of anilines is 1. The van der Waals surface area contributed by atoms with E-state index in [-0.39, 0.29) is 0 Å². The first-order chi connectivity index (χ1) is 8.15. The second-order valence-corrected chi connectivity index (χ2v) is 4.50. The predicted molar refractivity (Wildman–Crippen MR) is 67.7 cm³/mol. The van der Waals surface area contributed by atoms with E-state index in [4.69, 9.17) is 5.73 Å². The molecule has 2 N–H and O–H groups in total. The summed E-state index contributed by atoms with van der Waals surface area (Å²) in [6, 6.07) is 7.55. The van der Waals surface area contributed by atoms with Gasteiger partial charge in [0.1, 0.15) is 15.9 Å². The van der Waals surface area contributed by atoms with Crippen LogP contribution in [0, 0.1) is 0 Å². The lowest BCUT2D eigenvalue weighted by Gasteiger charge is -2.03. The minimum Gasteiger partial charge on any atom is -0.382 e. The summed E-state index contributed by atoms with van der Waals surface area (Å²) in [5.41, 5.74) is 8.36. The number of halogens is 1.